The van der Waals surface area contributed by atoms with Crippen molar-refractivity contribution in [2.45, 2.75) is 69.4 Å². The van der Waals surface area contributed by atoms with E-state index < -0.39 is 11.6 Å². The summed E-state index contributed by atoms with van der Waals surface area (Å²) in [4.78, 5) is 13.0. The average molecular weight is 255 g/mol. The number of carboxylic acid groups (broad SMARTS) is 1. The summed E-state index contributed by atoms with van der Waals surface area (Å²) in [6, 6.07) is 0.368. The summed E-state index contributed by atoms with van der Waals surface area (Å²) in [6.45, 7) is 0.622. The van der Waals surface area contributed by atoms with Crippen LogP contribution in [-0.4, -0.2) is 45.8 Å². The Hall–Kier alpha value is -0.610. The molecule has 2 aliphatic carbocycles. The van der Waals surface area contributed by atoms with Crippen molar-refractivity contribution in [3.05, 3.63) is 0 Å². The summed E-state index contributed by atoms with van der Waals surface area (Å²) < 4.78 is 0. The molecular weight excluding hydrogens is 230 g/mol. The Morgan fingerprint density at radius 3 is 2.28 bits per heavy atom. The standard InChI is InChI=1S/C14H25NO3/c16-13(17)10-15(12-6-2-3-7-12)11-14(18)8-4-1-5-9-14/h12,18H,1-11H2,(H,16,17). The minimum absolute atomic E-state index is 0.0764. The van der Waals surface area contributed by atoms with Crippen molar-refractivity contribution in [3.8, 4) is 0 Å². The monoisotopic (exact) mass is 255 g/mol. The van der Waals surface area contributed by atoms with Gasteiger partial charge in [0.1, 0.15) is 0 Å². The highest BCUT2D eigenvalue weighted by molar-refractivity contribution is 5.69. The van der Waals surface area contributed by atoms with Crippen LogP contribution in [0.3, 0.4) is 0 Å². The number of hydrogen-bond donors (Lipinski definition) is 2. The lowest BCUT2D eigenvalue weighted by Crippen LogP contribution is -2.49. The van der Waals surface area contributed by atoms with E-state index in [9.17, 15) is 9.90 Å². The van der Waals surface area contributed by atoms with Crippen molar-refractivity contribution >= 4 is 5.97 Å². The molecule has 0 spiro atoms. The predicted octanol–water partition coefficient (Wildman–Crippen LogP) is 2.01. The van der Waals surface area contributed by atoms with Crippen molar-refractivity contribution in [2.75, 3.05) is 13.1 Å². The molecule has 0 heterocycles. The lowest BCUT2D eigenvalue weighted by atomic mass is 9.84. The maximum atomic E-state index is 11.0. The Kier molecular flexibility index (Phi) is 4.62. The fraction of sp³-hybridized carbons (Fsp3) is 0.929. The van der Waals surface area contributed by atoms with Gasteiger partial charge in [-0.25, -0.2) is 0 Å². The number of carboxylic acids is 1. The topological polar surface area (TPSA) is 60.8 Å². The lowest BCUT2D eigenvalue weighted by molar-refractivity contribution is -0.140. The van der Waals surface area contributed by atoms with E-state index in [1.165, 1.54) is 19.3 Å². The summed E-state index contributed by atoms with van der Waals surface area (Å²) in [5.41, 5.74) is -0.643. The van der Waals surface area contributed by atoms with E-state index in [0.717, 1.165) is 38.5 Å². The summed E-state index contributed by atoms with van der Waals surface area (Å²) in [7, 11) is 0. The van der Waals surface area contributed by atoms with Crippen LogP contribution in [0.15, 0.2) is 0 Å². The van der Waals surface area contributed by atoms with E-state index in [2.05, 4.69) is 0 Å². The van der Waals surface area contributed by atoms with Gasteiger partial charge in [-0.15, -0.1) is 0 Å². The van der Waals surface area contributed by atoms with Crippen LogP contribution >= 0.6 is 0 Å². The molecule has 0 aliphatic heterocycles. The number of hydrogen-bond acceptors (Lipinski definition) is 3. The first-order chi connectivity index (χ1) is 8.59. The molecule has 0 aromatic heterocycles. The quantitative estimate of drug-likeness (QED) is 0.789. The molecule has 0 saturated heterocycles. The zero-order valence-corrected chi connectivity index (χ0v) is 11.1. The smallest absolute Gasteiger partial charge is 0.317 e. The molecule has 4 nitrogen and oxygen atoms in total. The molecule has 0 atom stereocenters. The third-order valence-corrected chi connectivity index (χ3v) is 4.46. The molecule has 18 heavy (non-hydrogen) atoms. The summed E-state index contributed by atoms with van der Waals surface area (Å²) in [6.07, 6.45) is 9.56. The highest BCUT2D eigenvalue weighted by atomic mass is 16.4. The SMILES string of the molecule is O=C(O)CN(CC1(O)CCCCC1)C1CCCC1. The lowest BCUT2D eigenvalue weighted by Gasteiger charge is -2.38. The van der Waals surface area contributed by atoms with Gasteiger partial charge in [-0.3, -0.25) is 9.69 Å². The average Bonchev–Trinajstić information content (AvgIpc) is 2.81. The second-order valence-corrected chi connectivity index (χ2v) is 6.02. The second kappa shape index (κ2) is 6.02. The number of rotatable bonds is 5. The van der Waals surface area contributed by atoms with Crippen LogP contribution in [0.25, 0.3) is 0 Å². The third-order valence-electron chi connectivity index (χ3n) is 4.46. The van der Waals surface area contributed by atoms with E-state index in [0.29, 0.717) is 12.6 Å². The molecule has 104 valence electrons. The Balaban J connectivity index is 1.96. The summed E-state index contributed by atoms with van der Waals surface area (Å²) in [5, 5.41) is 19.6. The predicted molar refractivity (Wildman–Crippen MR) is 69.5 cm³/mol. The largest absolute Gasteiger partial charge is 0.480 e. The van der Waals surface area contributed by atoms with E-state index in [1.807, 2.05) is 4.90 Å². The van der Waals surface area contributed by atoms with Gasteiger partial charge in [0, 0.05) is 12.6 Å². The van der Waals surface area contributed by atoms with Crippen LogP contribution in [0, 0.1) is 0 Å². The molecule has 0 unspecified atom stereocenters. The van der Waals surface area contributed by atoms with Crippen molar-refractivity contribution in [2.24, 2.45) is 0 Å². The molecule has 2 fully saturated rings. The summed E-state index contributed by atoms with van der Waals surface area (Å²) >= 11 is 0. The van der Waals surface area contributed by atoms with Crippen LogP contribution in [-0.2, 0) is 4.79 Å². The maximum Gasteiger partial charge on any atom is 0.317 e. The molecule has 0 bridgehead atoms. The van der Waals surface area contributed by atoms with Crippen LogP contribution < -0.4 is 0 Å². The van der Waals surface area contributed by atoms with Gasteiger partial charge in [0.2, 0.25) is 0 Å². The van der Waals surface area contributed by atoms with Crippen LogP contribution in [0.2, 0.25) is 0 Å². The van der Waals surface area contributed by atoms with Gasteiger partial charge in [0.25, 0.3) is 0 Å². The van der Waals surface area contributed by atoms with Crippen LogP contribution in [0.1, 0.15) is 57.8 Å². The van der Waals surface area contributed by atoms with Crippen molar-refractivity contribution < 1.29 is 15.0 Å². The minimum Gasteiger partial charge on any atom is -0.480 e. The molecule has 2 saturated carbocycles. The normalized spacial score (nSPS) is 24.6. The number of carbonyl (C=O) groups is 1. The highest BCUT2D eigenvalue weighted by Crippen LogP contribution is 2.31. The molecule has 4 heteroatoms. The van der Waals surface area contributed by atoms with Crippen LogP contribution in [0.5, 0.6) is 0 Å². The van der Waals surface area contributed by atoms with Gasteiger partial charge < -0.3 is 10.2 Å². The van der Waals surface area contributed by atoms with Crippen LogP contribution in [0.4, 0.5) is 0 Å². The Labute approximate surface area is 109 Å². The Morgan fingerprint density at radius 2 is 1.72 bits per heavy atom. The number of aliphatic carboxylic acids is 1. The van der Waals surface area contributed by atoms with Crippen molar-refractivity contribution in [3.63, 3.8) is 0 Å². The maximum absolute atomic E-state index is 11.0. The van der Waals surface area contributed by atoms with Gasteiger partial charge in [0.15, 0.2) is 0 Å². The van der Waals surface area contributed by atoms with Crippen molar-refractivity contribution in [1.82, 2.24) is 4.90 Å². The molecular formula is C14H25NO3. The first kappa shape index (κ1) is 13.8. The molecule has 0 radical (unpaired) electrons. The minimum atomic E-state index is -0.777. The van der Waals surface area contributed by atoms with Gasteiger partial charge in [-0.05, 0) is 25.7 Å². The summed E-state index contributed by atoms with van der Waals surface area (Å²) in [5.74, 6) is -0.777. The molecule has 0 aromatic carbocycles. The highest BCUT2D eigenvalue weighted by Gasteiger charge is 2.35. The van der Waals surface area contributed by atoms with Crippen molar-refractivity contribution in [1.29, 1.82) is 0 Å². The van der Waals surface area contributed by atoms with Gasteiger partial charge >= 0.3 is 5.97 Å². The number of aliphatic hydroxyl groups is 1. The van der Waals surface area contributed by atoms with E-state index >= 15 is 0 Å². The third kappa shape index (κ3) is 3.69. The first-order valence-corrected chi connectivity index (χ1v) is 7.27. The van der Waals surface area contributed by atoms with E-state index in [1.54, 1.807) is 0 Å². The zero-order valence-electron chi connectivity index (χ0n) is 11.1. The first-order valence-electron chi connectivity index (χ1n) is 7.27. The fourth-order valence-corrected chi connectivity index (χ4v) is 3.50. The number of nitrogens with zero attached hydrogens (tertiary/aromatic N) is 1. The Bertz CT molecular complexity index is 281. The van der Waals surface area contributed by atoms with Gasteiger partial charge in [-0.2, -0.15) is 0 Å². The molecule has 2 N–H and O–H groups in total. The Morgan fingerprint density at radius 1 is 1.11 bits per heavy atom. The van der Waals surface area contributed by atoms with Gasteiger partial charge in [0.05, 0.1) is 12.1 Å². The fourth-order valence-electron chi connectivity index (χ4n) is 3.50. The zero-order chi connectivity index (χ0) is 13.0. The second-order valence-electron chi connectivity index (χ2n) is 6.02. The molecule has 0 aromatic rings. The van der Waals surface area contributed by atoms with Gasteiger partial charge in [-0.1, -0.05) is 32.1 Å². The molecule has 0 amide bonds. The molecule has 2 rings (SSSR count). The van der Waals surface area contributed by atoms with E-state index in [-0.39, 0.29) is 6.54 Å². The molecule has 2 aliphatic rings. The van der Waals surface area contributed by atoms with E-state index in [4.69, 9.17) is 5.11 Å².